The molecular weight excluding hydrogens is 318 g/mol. The van der Waals surface area contributed by atoms with Gasteiger partial charge in [0.15, 0.2) is 0 Å². The Labute approximate surface area is 148 Å². The monoisotopic (exact) mass is 343 g/mol. The summed E-state index contributed by atoms with van der Waals surface area (Å²) in [6.07, 6.45) is 1.51. The van der Waals surface area contributed by atoms with Crippen LogP contribution < -0.4 is 0 Å². The second-order valence-electron chi connectivity index (χ2n) is 6.22. The predicted octanol–water partition coefficient (Wildman–Crippen LogP) is 2.13. The van der Waals surface area contributed by atoms with Crippen LogP contribution in [0, 0.1) is 13.8 Å². The summed E-state index contributed by atoms with van der Waals surface area (Å²) >= 11 is 0. The van der Waals surface area contributed by atoms with Gasteiger partial charge in [-0.3, -0.25) is 14.3 Å². The topological polar surface area (TPSA) is 75.4 Å². The first-order valence-electron chi connectivity index (χ1n) is 8.41. The number of nitrogens with zero attached hydrogens (tertiary/aromatic N) is 3. The van der Waals surface area contributed by atoms with E-state index < -0.39 is 5.97 Å². The Morgan fingerprint density at radius 2 is 1.84 bits per heavy atom. The SMILES string of the molecule is Cc1nn(C)c(C)c1CCC(=O)N(CCc1ccccc1)CC(=O)O. The normalized spacial score (nSPS) is 10.7. The molecule has 2 rings (SSSR count). The fourth-order valence-electron chi connectivity index (χ4n) is 2.93. The highest BCUT2D eigenvalue weighted by atomic mass is 16.4. The number of aromatic nitrogens is 2. The molecule has 0 saturated heterocycles. The molecule has 0 spiro atoms. The van der Waals surface area contributed by atoms with E-state index in [-0.39, 0.29) is 18.9 Å². The summed E-state index contributed by atoms with van der Waals surface area (Å²) in [5.41, 5.74) is 4.11. The maximum atomic E-state index is 12.5. The van der Waals surface area contributed by atoms with E-state index in [1.807, 2.05) is 51.2 Å². The van der Waals surface area contributed by atoms with Crippen molar-refractivity contribution in [2.75, 3.05) is 13.1 Å². The molecule has 1 aromatic carbocycles. The van der Waals surface area contributed by atoms with E-state index in [4.69, 9.17) is 5.11 Å². The van der Waals surface area contributed by atoms with Gasteiger partial charge in [-0.25, -0.2) is 0 Å². The van der Waals surface area contributed by atoms with Crippen molar-refractivity contribution < 1.29 is 14.7 Å². The molecule has 0 aliphatic heterocycles. The summed E-state index contributed by atoms with van der Waals surface area (Å²) in [6, 6.07) is 9.76. The zero-order valence-corrected chi connectivity index (χ0v) is 15.0. The van der Waals surface area contributed by atoms with Gasteiger partial charge in [0.25, 0.3) is 0 Å². The number of aryl methyl sites for hydroxylation is 2. The molecule has 0 fully saturated rings. The molecule has 0 aliphatic rings. The van der Waals surface area contributed by atoms with Crippen LogP contribution in [0.1, 0.15) is 28.9 Å². The van der Waals surface area contributed by atoms with Crippen LogP contribution >= 0.6 is 0 Å². The molecule has 0 aliphatic carbocycles. The fourth-order valence-corrected chi connectivity index (χ4v) is 2.93. The fraction of sp³-hybridized carbons (Fsp3) is 0.421. The lowest BCUT2D eigenvalue weighted by Crippen LogP contribution is -2.37. The predicted molar refractivity (Wildman–Crippen MR) is 95.4 cm³/mol. The van der Waals surface area contributed by atoms with Gasteiger partial charge in [0, 0.05) is 25.7 Å². The molecule has 6 heteroatoms. The van der Waals surface area contributed by atoms with Gasteiger partial charge in [-0.1, -0.05) is 30.3 Å². The van der Waals surface area contributed by atoms with Gasteiger partial charge in [-0.05, 0) is 37.8 Å². The Hall–Kier alpha value is -2.63. The number of amides is 1. The number of carbonyl (C=O) groups excluding carboxylic acids is 1. The van der Waals surface area contributed by atoms with Gasteiger partial charge in [0.05, 0.1) is 5.69 Å². The average Bonchev–Trinajstić information content (AvgIpc) is 2.82. The zero-order chi connectivity index (χ0) is 18.4. The highest BCUT2D eigenvalue weighted by molar-refractivity contribution is 5.81. The highest BCUT2D eigenvalue weighted by Crippen LogP contribution is 2.15. The van der Waals surface area contributed by atoms with Crippen molar-refractivity contribution >= 4 is 11.9 Å². The third-order valence-electron chi connectivity index (χ3n) is 4.44. The van der Waals surface area contributed by atoms with Crippen LogP contribution in [0.5, 0.6) is 0 Å². The second kappa shape index (κ2) is 8.46. The summed E-state index contributed by atoms with van der Waals surface area (Å²) in [4.78, 5) is 25.1. The lowest BCUT2D eigenvalue weighted by molar-refractivity contribution is -0.144. The summed E-state index contributed by atoms with van der Waals surface area (Å²) in [5.74, 6) is -1.13. The van der Waals surface area contributed by atoms with Crippen molar-refractivity contribution in [1.29, 1.82) is 0 Å². The maximum absolute atomic E-state index is 12.5. The minimum absolute atomic E-state index is 0.138. The van der Waals surface area contributed by atoms with Crippen molar-refractivity contribution in [3.8, 4) is 0 Å². The summed E-state index contributed by atoms with van der Waals surface area (Å²) in [5, 5.41) is 13.5. The Balaban J connectivity index is 1.98. The molecule has 0 unspecified atom stereocenters. The molecule has 1 aromatic heterocycles. The van der Waals surface area contributed by atoms with Crippen molar-refractivity contribution in [2.45, 2.75) is 33.1 Å². The van der Waals surface area contributed by atoms with Gasteiger partial charge >= 0.3 is 5.97 Å². The largest absolute Gasteiger partial charge is 0.480 e. The molecule has 1 amide bonds. The van der Waals surface area contributed by atoms with E-state index in [1.54, 1.807) is 4.68 Å². The van der Waals surface area contributed by atoms with Crippen molar-refractivity contribution in [1.82, 2.24) is 14.7 Å². The van der Waals surface area contributed by atoms with Crippen LogP contribution in [-0.2, 0) is 29.5 Å². The maximum Gasteiger partial charge on any atom is 0.323 e. The molecule has 0 saturated carbocycles. The minimum Gasteiger partial charge on any atom is -0.480 e. The molecule has 1 heterocycles. The molecule has 0 atom stereocenters. The molecule has 25 heavy (non-hydrogen) atoms. The Bertz CT molecular complexity index is 738. The summed E-state index contributed by atoms with van der Waals surface area (Å²) in [6.45, 7) is 4.04. The van der Waals surface area contributed by atoms with Gasteiger partial charge in [0.2, 0.25) is 5.91 Å². The van der Waals surface area contributed by atoms with E-state index in [0.717, 1.165) is 22.5 Å². The number of rotatable bonds is 8. The van der Waals surface area contributed by atoms with E-state index in [1.165, 1.54) is 4.90 Å². The number of carboxylic acid groups (broad SMARTS) is 1. The summed E-state index contributed by atoms with van der Waals surface area (Å²) in [7, 11) is 1.88. The smallest absolute Gasteiger partial charge is 0.323 e. The lowest BCUT2D eigenvalue weighted by atomic mass is 10.1. The van der Waals surface area contributed by atoms with E-state index in [2.05, 4.69) is 5.10 Å². The van der Waals surface area contributed by atoms with Crippen molar-refractivity contribution in [2.24, 2.45) is 7.05 Å². The molecule has 6 nitrogen and oxygen atoms in total. The number of carbonyl (C=O) groups is 2. The first kappa shape index (κ1) is 18.7. The third kappa shape index (κ3) is 5.17. The van der Waals surface area contributed by atoms with Gasteiger partial charge in [0.1, 0.15) is 6.54 Å². The van der Waals surface area contributed by atoms with Gasteiger partial charge in [-0.15, -0.1) is 0 Å². The van der Waals surface area contributed by atoms with Crippen LogP contribution in [-0.4, -0.2) is 44.8 Å². The van der Waals surface area contributed by atoms with Gasteiger partial charge < -0.3 is 10.0 Å². The standard InChI is InChI=1S/C19H25N3O3/c1-14-17(15(2)21(3)20-14)9-10-18(23)22(13-19(24)25)12-11-16-7-5-4-6-8-16/h4-8H,9-13H2,1-3H3,(H,24,25). The number of hydrogen-bond acceptors (Lipinski definition) is 3. The van der Waals surface area contributed by atoms with Crippen LogP contribution in [0.4, 0.5) is 0 Å². The van der Waals surface area contributed by atoms with Crippen molar-refractivity contribution in [3.63, 3.8) is 0 Å². The molecule has 0 bridgehead atoms. The van der Waals surface area contributed by atoms with E-state index >= 15 is 0 Å². The highest BCUT2D eigenvalue weighted by Gasteiger charge is 2.18. The first-order chi connectivity index (χ1) is 11.9. The Morgan fingerprint density at radius 3 is 2.40 bits per heavy atom. The van der Waals surface area contributed by atoms with Crippen LogP contribution in [0.15, 0.2) is 30.3 Å². The molecule has 0 radical (unpaired) electrons. The third-order valence-corrected chi connectivity index (χ3v) is 4.44. The number of hydrogen-bond donors (Lipinski definition) is 1. The second-order valence-corrected chi connectivity index (χ2v) is 6.22. The number of benzene rings is 1. The quantitative estimate of drug-likeness (QED) is 0.797. The van der Waals surface area contributed by atoms with E-state index in [0.29, 0.717) is 19.4 Å². The van der Waals surface area contributed by atoms with Crippen LogP contribution in [0.3, 0.4) is 0 Å². The summed E-state index contributed by atoms with van der Waals surface area (Å²) < 4.78 is 1.81. The number of aliphatic carboxylic acids is 1. The van der Waals surface area contributed by atoms with E-state index in [9.17, 15) is 9.59 Å². The minimum atomic E-state index is -0.991. The Morgan fingerprint density at radius 1 is 1.16 bits per heavy atom. The Kier molecular flexibility index (Phi) is 6.33. The lowest BCUT2D eigenvalue weighted by Gasteiger charge is -2.21. The van der Waals surface area contributed by atoms with Gasteiger partial charge in [-0.2, -0.15) is 5.10 Å². The molecule has 1 N–H and O–H groups in total. The van der Waals surface area contributed by atoms with Crippen LogP contribution in [0.2, 0.25) is 0 Å². The average molecular weight is 343 g/mol. The van der Waals surface area contributed by atoms with Crippen molar-refractivity contribution in [3.05, 3.63) is 52.8 Å². The number of carboxylic acids is 1. The zero-order valence-electron chi connectivity index (χ0n) is 15.0. The molecule has 2 aromatic rings. The molecular formula is C19H25N3O3. The van der Waals surface area contributed by atoms with Crippen LogP contribution in [0.25, 0.3) is 0 Å². The first-order valence-corrected chi connectivity index (χ1v) is 8.41. The molecule has 134 valence electrons.